The third kappa shape index (κ3) is 2.86. The van der Waals surface area contributed by atoms with Gasteiger partial charge in [-0.25, -0.2) is 0 Å². The van der Waals surface area contributed by atoms with Gasteiger partial charge < -0.3 is 4.57 Å². The summed E-state index contributed by atoms with van der Waals surface area (Å²) < 4.78 is 2.45. The Kier molecular flexibility index (Phi) is 4.24. The fraction of sp³-hybridized carbons (Fsp3) is 0.226. The second-order valence-electron chi connectivity index (χ2n) is 10.7. The van der Waals surface area contributed by atoms with Crippen LogP contribution in [-0.4, -0.2) is 11.3 Å². The van der Waals surface area contributed by atoms with Gasteiger partial charge in [0.2, 0.25) is 0 Å². The molecule has 0 saturated heterocycles. The molecule has 0 aliphatic heterocycles. The van der Waals surface area contributed by atoms with Gasteiger partial charge in [0.1, 0.15) is 0 Å². The summed E-state index contributed by atoms with van der Waals surface area (Å²) in [4.78, 5) is 0. The summed E-state index contributed by atoms with van der Waals surface area (Å²) in [6.07, 6.45) is 0. The summed E-state index contributed by atoms with van der Waals surface area (Å²) in [7, 11) is 0. The minimum absolute atomic E-state index is 0.0164. The van der Waals surface area contributed by atoms with Crippen LogP contribution in [0.15, 0.2) is 72.8 Å². The lowest BCUT2D eigenvalue weighted by atomic mass is 9.49. The third-order valence-corrected chi connectivity index (χ3v) is 7.68. The monoisotopic (exact) mass is 427 g/mol. The molecule has 33 heavy (non-hydrogen) atoms. The first-order chi connectivity index (χ1) is 15.8. The van der Waals surface area contributed by atoms with Crippen molar-refractivity contribution in [2.45, 2.75) is 46.8 Å². The lowest BCUT2D eigenvalue weighted by Gasteiger charge is -2.23. The number of hydrogen-bond acceptors (Lipinski definition) is 0. The number of fused-ring (bicyclic) bond motifs is 6. The number of aryl methyl sites for hydroxylation is 2. The van der Waals surface area contributed by atoms with Crippen molar-refractivity contribution in [1.82, 2.24) is 4.57 Å². The van der Waals surface area contributed by atoms with Crippen LogP contribution in [0.25, 0.3) is 38.6 Å². The zero-order valence-corrected chi connectivity index (χ0v) is 20.5. The van der Waals surface area contributed by atoms with E-state index in [1.54, 1.807) is 0 Å². The Bertz CT molecular complexity index is 1520. The standard InChI is InChI=1S/C31H30BN/c1-19-7-13-29-25(15-19)26-16-20(2)8-14-30(26)33(29)22-10-12-24-23-11-9-21(32(5)6)17-27(23)31(3,4)28(24)18-22/h7-18H,1-6H3. The highest BCUT2D eigenvalue weighted by Crippen LogP contribution is 2.49. The van der Waals surface area contributed by atoms with Crippen LogP contribution in [0, 0.1) is 13.8 Å². The average molecular weight is 427 g/mol. The van der Waals surface area contributed by atoms with Crippen molar-refractivity contribution in [1.29, 1.82) is 0 Å². The van der Waals surface area contributed by atoms with Crippen molar-refractivity contribution < 1.29 is 0 Å². The van der Waals surface area contributed by atoms with E-state index < -0.39 is 0 Å². The summed E-state index contributed by atoms with van der Waals surface area (Å²) in [5.41, 5.74) is 13.4. The first-order valence-corrected chi connectivity index (χ1v) is 12.1. The van der Waals surface area contributed by atoms with Gasteiger partial charge in [-0.1, -0.05) is 80.5 Å². The lowest BCUT2D eigenvalue weighted by Crippen LogP contribution is -2.25. The fourth-order valence-corrected chi connectivity index (χ4v) is 5.77. The van der Waals surface area contributed by atoms with Gasteiger partial charge in [-0.3, -0.25) is 0 Å². The summed E-state index contributed by atoms with van der Waals surface area (Å²) in [5, 5.41) is 2.66. The molecule has 0 atom stereocenters. The van der Waals surface area contributed by atoms with Gasteiger partial charge in [0, 0.05) is 21.9 Å². The van der Waals surface area contributed by atoms with Crippen molar-refractivity contribution in [3.8, 4) is 16.8 Å². The predicted octanol–water partition coefficient (Wildman–Crippen LogP) is 7.67. The highest BCUT2D eigenvalue weighted by molar-refractivity contribution is 6.70. The molecule has 0 N–H and O–H groups in total. The van der Waals surface area contributed by atoms with Crippen molar-refractivity contribution in [3.63, 3.8) is 0 Å². The SMILES string of the molecule is CB(C)c1ccc2c(c1)C(C)(C)c1cc(-n3c4ccc(C)cc4c4cc(C)ccc43)ccc1-2. The maximum absolute atomic E-state index is 2.45. The minimum Gasteiger partial charge on any atom is -0.309 e. The number of rotatable bonds is 2. The molecule has 4 aromatic carbocycles. The molecular weight excluding hydrogens is 397 g/mol. The van der Waals surface area contributed by atoms with Crippen LogP contribution in [-0.2, 0) is 5.41 Å². The summed E-state index contributed by atoms with van der Waals surface area (Å²) >= 11 is 0. The summed E-state index contributed by atoms with van der Waals surface area (Å²) in [5.74, 6) is 0. The molecule has 6 rings (SSSR count). The van der Waals surface area contributed by atoms with Crippen LogP contribution in [0.2, 0.25) is 13.6 Å². The van der Waals surface area contributed by atoms with Crippen LogP contribution in [0.4, 0.5) is 0 Å². The van der Waals surface area contributed by atoms with E-state index in [-0.39, 0.29) is 5.41 Å². The van der Waals surface area contributed by atoms with E-state index in [1.165, 1.54) is 66.3 Å². The molecule has 1 aromatic heterocycles. The van der Waals surface area contributed by atoms with E-state index in [9.17, 15) is 0 Å². The van der Waals surface area contributed by atoms with Gasteiger partial charge in [0.05, 0.1) is 11.0 Å². The van der Waals surface area contributed by atoms with Crippen LogP contribution < -0.4 is 5.46 Å². The zero-order valence-electron chi connectivity index (χ0n) is 20.5. The van der Waals surface area contributed by atoms with E-state index in [0.717, 1.165) is 0 Å². The van der Waals surface area contributed by atoms with E-state index in [0.29, 0.717) is 6.71 Å². The second-order valence-corrected chi connectivity index (χ2v) is 10.7. The lowest BCUT2D eigenvalue weighted by molar-refractivity contribution is 0.660. The minimum atomic E-state index is -0.0164. The van der Waals surface area contributed by atoms with E-state index in [4.69, 9.17) is 0 Å². The molecule has 1 aliphatic rings. The smallest absolute Gasteiger partial charge is 0.169 e. The van der Waals surface area contributed by atoms with Crippen LogP contribution in [0.5, 0.6) is 0 Å². The summed E-state index contributed by atoms with van der Waals surface area (Å²) in [6.45, 7) is 14.2. The number of nitrogens with zero attached hydrogens (tertiary/aromatic N) is 1. The molecule has 1 nitrogen and oxygen atoms in total. The maximum Gasteiger partial charge on any atom is 0.169 e. The predicted molar refractivity (Wildman–Crippen MR) is 145 cm³/mol. The Morgan fingerprint density at radius 1 is 0.636 bits per heavy atom. The molecule has 0 fully saturated rings. The third-order valence-electron chi connectivity index (χ3n) is 7.68. The first kappa shape index (κ1) is 20.4. The van der Waals surface area contributed by atoms with Crippen molar-refractivity contribution in [3.05, 3.63) is 95.1 Å². The molecular formula is C31H30BN. The van der Waals surface area contributed by atoms with E-state index >= 15 is 0 Å². The highest BCUT2D eigenvalue weighted by atomic mass is 15.0. The second kappa shape index (κ2) is 6.87. The molecule has 162 valence electrons. The molecule has 0 spiro atoms. The van der Waals surface area contributed by atoms with Gasteiger partial charge in [-0.05, 0) is 72.5 Å². The Labute approximate surface area is 197 Å². The molecule has 1 aliphatic carbocycles. The molecule has 0 amide bonds. The molecule has 1 heterocycles. The van der Waals surface area contributed by atoms with Crippen molar-refractivity contribution in [2.75, 3.05) is 0 Å². The first-order valence-electron chi connectivity index (χ1n) is 12.1. The van der Waals surface area contributed by atoms with Crippen molar-refractivity contribution in [2.24, 2.45) is 0 Å². The normalized spacial score (nSPS) is 14.0. The Balaban J connectivity index is 1.61. The molecule has 0 bridgehead atoms. The summed E-state index contributed by atoms with van der Waals surface area (Å²) in [6, 6.07) is 27.8. The van der Waals surface area contributed by atoms with Crippen LogP contribution in [0.1, 0.15) is 36.1 Å². The Hall–Kier alpha value is -3.26. The zero-order chi connectivity index (χ0) is 23.1. The molecule has 0 radical (unpaired) electrons. The van der Waals surface area contributed by atoms with Gasteiger partial charge in [-0.2, -0.15) is 0 Å². The molecule has 5 aromatic rings. The van der Waals surface area contributed by atoms with Gasteiger partial charge in [0.15, 0.2) is 6.71 Å². The quantitative estimate of drug-likeness (QED) is 0.255. The fourth-order valence-electron chi connectivity index (χ4n) is 5.77. The number of aromatic nitrogens is 1. The van der Waals surface area contributed by atoms with Crippen LogP contribution >= 0.6 is 0 Å². The van der Waals surface area contributed by atoms with Crippen LogP contribution in [0.3, 0.4) is 0 Å². The Morgan fingerprint density at radius 2 is 1.18 bits per heavy atom. The molecule has 2 heteroatoms. The maximum atomic E-state index is 2.45. The molecule has 0 unspecified atom stereocenters. The van der Waals surface area contributed by atoms with E-state index in [2.05, 4.69) is 119 Å². The Morgan fingerprint density at radius 3 is 1.76 bits per heavy atom. The van der Waals surface area contributed by atoms with Gasteiger partial charge in [0.25, 0.3) is 0 Å². The van der Waals surface area contributed by atoms with E-state index in [1.807, 2.05) is 0 Å². The highest BCUT2D eigenvalue weighted by Gasteiger charge is 2.36. The number of benzene rings is 4. The molecule has 0 saturated carbocycles. The largest absolute Gasteiger partial charge is 0.309 e. The number of hydrogen-bond donors (Lipinski definition) is 0. The van der Waals surface area contributed by atoms with Gasteiger partial charge >= 0.3 is 0 Å². The average Bonchev–Trinajstić information content (AvgIpc) is 3.22. The van der Waals surface area contributed by atoms with Crippen molar-refractivity contribution >= 4 is 34.0 Å². The van der Waals surface area contributed by atoms with Gasteiger partial charge in [-0.15, -0.1) is 0 Å². The topological polar surface area (TPSA) is 4.93 Å².